The first-order valence-corrected chi connectivity index (χ1v) is 4.55. The monoisotopic (exact) mass is 205 g/mol. The van der Waals surface area contributed by atoms with Crippen LogP contribution in [0.2, 0.25) is 0 Å². The van der Waals surface area contributed by atoms with Crippen molar-refractivity contribution in [3.8, 4) is 11.5 Å². The summed E-state index contributed by atoms with van der Waals surface area (Å²) in [6.45, 7) is 1.93. The molecule has 2 heterocycles. The van der Waals surface area contributed by atoms with Gasteiger partial charge < -0.3 is 15.9 Å². The first kappa shape index (κ1) is 9.45. The summed E-state index contributed by atoms with van der Waals surface area (Å²) in [6.07, 6.45) is 0.690. The van der Waals surface area contributed by atoms with Gasteiger partial charge in [-0.3, -0.25) is 0 Å². The minimum atomic E-state index is 0.293. The summed E-state index contributed by atoms with van der Waals surface area (Å²) in [6, 6.07) is 3.35. The van der Waals surface area contributed by atoms with Gasteiger partial charge in [0.15, 0.2) is 0 Å². The molecule has 0 bridgehead atoms. The van der Waals surface area contributed by atoms with Gasteiger partial charge >= 0.3 is 0 Å². The van der Waals surface area contributed by atoms with Crippen molar-refractivity contribution in [2.24, 2.45) is 0 Å². The van der Waals surface area contributed by atoms with Gasteiger partial charge in [0.1, 0.15) is 11.6 Å². The second-order valence-electron chi connectivity index (χ2n) is 3.02. The zero-order valence-corrected chi connectivity index (χ0v) is 8.27. The van der Waals surface area contributed by atoms with Gasteiger partial charge in [-0.2, -0.15) is 0 Å². The summed E-state index contributed by atoms with van der Waals surface area (Å²) >= 11 is 0. The lowest BCUT2D eigenvalue weighted by Gasteiger charge is -2.00. The van der Waals surface area contributed by atoms with Gasteiger partial charge in [0.2, 0.25) is 5.89 Å². The molecule has 2 rings (SSSR count). The number of hydrogen-bond acceptors (Lipinski definition) is 6. The molecule has 0 radical (unpaired) electrons. The standard InChI is InChI=1S/C9H11N5O/c1-2-7-13-14-9(15-7)5-3-4-6(10)12-8(5)11/h3-4H,2H2,1H3,(H4,10,11,12). The maximum Gasteiger partial charge on any atom is 0.251 e. The fourth-order valence-electron chi connectivity index (χ4n) is 1.18. The second-order valence-corrected chi connectivity index (χ2v) is 3.02. The van der Waals surface area contributed by atoms with Crippen LogP contribution in [-0.2, 0) is 6.42 Å². The van der Waals surface area contributed by atoms with E-state index in [2.05, 4.69) is 15.2 Å². The van der Waals surface area contributed by atoms with E-state index in [1.54, 1.807) is 12.1 Å². The van der Waals surface area contributed by atoms with Gasteiger partial charge in [0.05, 0.1) is 5.56 Å². The first-order valence-electron chi connectivity index (χ1n) is 4.55. The van der Waals surface area contributed by atoms with E-state index in [-0.39, 0.29) is 0 Å². The molecule has 0 amide bonds. The molecule has 0 aliphatic heterocycles. The van der Waals surface area contributed by atoms with Crippen LogP contribution in [0.1, 0.15) is 12.8 Å². The van der Waals surface area contributed by atoms with E-state index in [0.29, 0.717) is 35.4 Å². The average Bonchev–Trinajstić information content (AvgIpc) is 2.66. The molecule has 6 heteroatoms. The number of nitrogens with zero attached hydrogens (tertiary/aromatic N) is 3. The third-order valence-corrected chi connectivity index (χ3v) is 1.95. The molecule has 0 spiro atoms. The van der Waals surface area contributed by atoms with E-state index in [1.807, 2.05) is 6.92 Å². The summed E-state index contributed by atoms with van der Waals surface area (Å²) in [5, 5.41) is 7.71. The smallest absolute Gasteiger partial charge is 0.251 e. The zero-order valence-electron chi connectivity index (χ0n) is 8.27. The van der Waals surface area contributed by atoms with Crippen LogP contribution >= 0.6 is 0 Å². The van der Waals surface area contributed by atoms with Gasteiger partial charge in [-0.1, -0.05) is 6.92 Å². The van der Waals surface area contributed by atoms with Crippen LogP contribution in [0.25, 0.3) is 11.5 Å². The van der Waals surface area contributed by atoms with Gasteiger partial charge in [-0.25, -0.2) is 4.98 Å². The minimum Gasteiger partial charge on any atom is -0.421 e. The van der Waals surface area contributed by atoms with E-state index in [4.69, 9.17) is 15.9 Å². The highest BCUT2D eigenvalue weighted by atomic mass is 16.4. The molecule has 2 aromatic heterocycles. The molecule has 0 atom stereocenters. The molecule has 0 aliphatic rings. The van der Waals surface area contributed by atoms with Crippen LogP contribution < -0.4 is 11.5 Å². The Balaban J connectivity index is 2.44. The molecule has 78 valence electrons. The number of aryl methyl sites for hydroxylation is 1. The third-order valence-electron chi connectivity index (χ3n) is 1.95. The molecule has 0 aromatic carbocycles. The Bertz CT molecular complexity index is 479. The highest BCUT2D eigenvalue weighted by Gasteiger charge is 2.11. The molecule has 0 saturated heterocycles. The van der Waals surface area contributed by atoms with Crippen LogP contribution in [0.15, 0.2) is 16.5 Å². The van der Waals surface area contributed by atoms with E-state index in [1.165, 1.54) is 0 Å². The minimum absolute atomic E-state index is 0.293. The molecule has 6 nitrogen and oxygen atoms in total. The molecule has 2 aromatic rings. The number of nitrogens with two attached hydrogens (primary N) is 2. The predicted molar refractivity (Wildman–Crippen MR) is 55.7 cm³/mol. The SMILES string of the molecule is CCc1nnc(-c2ccc(N)nc2N)o1. The average molecular weight is 205 g/mol. The third kappa shape index (κ3) is 1.74. The Hall–Kier alpha value is -2.11. The maximum atomic E-state index is 5.69. The number of anilines is 2. The summed E-state index contributed by atoms with van der Waals surface area (Å²) in [5.41, 5.74) is 11.8. The Morgan fingerprint density at radius 1 is 1.27 bits per heavy atom. The van der Waals surface area contributed by atoms with Crippen molar-refractivity contribution in [3.05, 3.63) is 18.0 Å². The molecular formula is C9H11N5O. The van der Waals surface area contributed by atoms with Gasteiger partial charge in [0.25, 0.3) is 5.89 Å². The lowest BCUT2D eigenvalue weighted by molar-refractivity contribution is 0.513. The molecule has 0 unspecified atom stereocenters. The van der Waals surface area contributed by atoms with Crippen LogP contribution in [0.3, 0.4) is 0 Å². The lowest BCUT2D eigenvalue weighted by atomic mass is 10.2. The van der Waals surface area contributed by atoms with Crippen molar-refractivity contribution in [2.75, 3.05) is 11.5 Å². The van der Waals surface area contributed by atoms with Gasteiger partial charge in [-0.15, -0.1) is 10.2 Å². The molecule has 0 aliphatic carbocycles. The fourth-order valence-corrected chi connectivity index (χ4v) is 1.18. The van der Waals surface area contributed by atoms with Crippen molar-refractivity contribution in [1.82, 2.24) is 15.2 Å². The lowest BCUT2D eigenvalue weighted by Crippen LogP contribution is -1.98. The van der Waals surface area contributed by atoms with E-state index in [9.17, 15) is 0 Å². The highest BCUT2D eigenvalue weighted by molar-refractivity contribution is 5.68. The second kappa shape index (κ2) is 3.56. The van der Waals surface area contributed by atoms with Crippen molar-refractivity contribution in [1.29, 1.82) is 0 Å². The number of nitrogen functional groups attached to an aromatic ring is 2. The molecule has 0 fully saturated rings. The normalized spacial score (nSPS) is 10.5. The van der Waals surface area contributed by atoms with Crippen molar-refractivity contribution in [3.63, 3.8) is 0 Å². The van der Waals surface area contributed by atoms with Gasteiger partial charge in [-0.05, 0) is 12.1 Å². The summed E-state index contributed by atoms with van der Waals surface area (Å²) in [4.78, 5) is 3.91. The zero-order chi connectivity index (χ0) is 10.8. The molecule has 4 N–H and O–H groups in total. The summed E-state index contributed by atoms with van der Waals surface area (Å²) in [5.74, 6) is 1.60. The maximum absolute atomic E-state index is 5.69. The summed E-state index contributed by atoms with van der Waals surface area (Å²) < 4.78 is 5.36. The quantitative estimate of drug-likeness (QED) is 0.753. The predicted octanol–water partition coefficient (Wildman–Crippen LogP) is 0.858. The van der Waals surface area contributed by atoms with Crippen LogP contribution in [0, 0.1) is 0 Å². The Morgan fingerprint density at radius 2 is 2.07 bits per heavy atom. The number of rotatable bonds is 2. The molecule has 15 heavy (non-hydrogen) atoms. The van der Waals surface area contributed by atoms with Crippen LogP contribution in [0.4, 0.5) is 11.6 Å². The van der Waals surface area contributed by atoms with Crippen LogP contribution in [0.5, 0.6) is 0 Å². The first-order chi connectivity index (χ1) is 7.20. The highest BCUT2D eigenvalue weighted by Crippen LogP contribution is 2.23. The van der Waals surface area contributed by atoms with Crippen molar-refractivity contribution >= 4 is 11.6 Å². The Labute approximate surface area is 86.3 Å². The van der Waals surface area contributed by atoms with E-state index in [0.717, 1.165) is 0 Å². The fraction of sp³-hybridized carbons (Fsp3) is 0.222. The largest absolute Gasteiger partial charge is 0.421 e. The number of pyridine rings is 1. The van der Waals surface area contributed by atoms with E-state index >= 15 is 0 Å². The van der Waals surface area contributed by atoms with Crippen molar-refractivity contribution in [2.45, 2.75) is 13.3 Å². The molecular weight excluding hydrogens is 194 g/mol. The van der Waals surface area contributed by atoms with Gasteiger partial charge in [0, 0.05) is 6.42 Å². The van der Waals surface area contributed by atoms with E-state index < -0.39 is 0 Å². The van der Waals surface area contributed by atoms with Crippen LogP contribution in [-0.4, -0.2) is 15.2 Å². The molecule has 0 saturated carbocycles. The Morgan fingerprint density at radius 3 is 2.67 bits per heavy atom. The van der Waals surface area contributed by atoms with Crippen molar-refractivity contribution < 1.29 is 4.42 Å². The topological polar surface area (TPSA) is 104 Å². The number of hydrogen-bond donors (Lipinski definition) is 2. The summed E-state index contributed by atoms with van der Waals surface area (Å²) in [7, 11) is 0. The number of aromatic nitrogens is 3. The Kier molecular flexibility index (Phi) is 2.24.